The third-order valence-corrected chi connectivity index (χ3v) is 7.67. The quantitative estimate of drug-likeness (QED) is 0.0748. The van der Waals surface area contributed by atoms with Crippen molar-refractivity contribution >= 4 is 23.3 Å². The Labute approximate surface area is 277 Å². The molecule has 0 spiro atoms. The summed E-state index contributed by atoms with van der Waals surface area (Å²) < 4.78 is 13.4. The molecule has 2 heterocycles. The molecule has 0 radical (unpaired) electrons. The monoisotopic (exact) mass is 642 g/mol. The maximum atomic E-state index is 11.9. The molecule has 2 aromatic heterocycles. The van der Waals surface area contributed by atoms with E-state index in [1.807, 2.05) is 114 Å². The number of esters is 2. The Morgan fingerprint density at radius 1 is 0.583 bits per heavy atom. The van der Waals surface area contributed by atoms with Gasteiger partial charge in [-0.15, -0.1) is 0 Å². The molecular weight excluding hydrogens is 608 g/mol. The lowest BCUT2D eigenvalue weighted by Gasteiger charge is -2.13. The topological polar surface area (TPSA) is 132 Å². The Hall–Kier alpha value is -6.42. The van der Waals surface area contributed by atoms with Crippen LogP contribution in [0.2, 0.25) is 0 Å². The van der Waals surface area contributed by atoms with E-state index in [0.29, 0.717) is 16.9 Å². The predicted molar refractivity (Wildman–Crippen MR) is 186 cm³/mol. The van der Waals surface area contributed by atoms with Gasteiger partial charge in [0, 0.05) is 51.7 Å². The van der Waals surface area contributed by atoms with Gasteiger partial charge in [0.05, 0.1) is 19.1 Å². The highest BCUT2D eigenvalue weighted by Crippen LogP contribution is 2.32. The summed E-state index contributed by atoms with van der Waals surface area (Å²) in [5, 5.41) is 11.0. The number of ether oxygens (including phenoxy) is 2. The molecule has 4 aromatic carbocycles. The van der Waals surface area contributed by atoms with Gasteiger partial charge in [0.1, 0.15) is 13.1 Å². The molecule has 10 nitrogen and oxygen atoms in total. The molecule has 0 aliphatic carbocycles. The zero-order valence-electron chi connectivity index (χ0n) is 26.5. The molecule has 6 rings (SSSR count). The molecule has 0 atom stereocenters. The Morgan fingerprint density at radius 3 is 1.40 bits per heavy atom. The second kappa shape index (κ2) is 15.2. The number of nitro groups is 1. The number of nitrogen functional groups attached to an aromatic ring is 1. The number of anilines is 1. The van der Waals surface area contributed by atoms with Crippen molar-refractivity contribution in [2.75, 3.05) is 20.0 Å². The SMILES string of the molecule is COC(=O)Cn1c(-c2ccccc2)ccc1-c1cccc(N)c1.COC(=O)Cn1c(-c2ccccc2)ccc1-c1cccc([N+](=O)[O-])c1. The zero-order valence-corrected chi connectivity index (χ0v) is 26.5. The lowest BCUT2D eigenvalue weighted by atomic mass is 10.1. The van der Waals surface area contributed by atoms with Gasteiger partial charge in [-0.1, -0.05) is 84.9 Å². The number of nitrogens with zero attached hydrogens (tertiary/aromatic N) is 3. The van der Waals surface area contributed by atoms with Crippen molar-refractivity contribution in [3.63, 3.8) is 0 Å². The zero-order chi connectivity index (χ0) is 34.0. The van der Waals surface area contributed by atoms with Gasteiger partial charge in [-0.05, 0) is 47.5 Å². The first-order valence-corrected chi connectivity index (χ1v) is 15.0. The van der Waals surface area contributed by atoms with Crippen LogP contribution in [-0.2, 0) is 32.2 Å². The average molecular weight is 643 g/mol. The molecule has 0 amide bonds. The van der Waals surface area contributed by atoms with Crippen molar-refractivity contribution in [1.82, 2.24) is 9.13 Å². The van der Waals surface area contributed by atoms with Crippen LogP contribution in [0.3, 0.4) is 0 Å². The summed E-state index contributed by atoms with van der Waals surface area (Å²) in [6.45, 7) is 0.170. The van der Waals surface area contributed by atoms with Crippen LogP contribution in [0, 0.1) is 10.1 Å². The summed E-state index contributed by atoms with van der Waals surface area (Å²) in [5.74, 6) is -0.677. The van der Waals surface area contributed by atoms with Crippen molar-refractivity contribution in [3.05, 3.63) is 144 Å². The van der Waals surface area contributed by atoms with Crippen LogP contribution in [0.1, 0.15) is 0 Å². The maximum absolute atomic E-state index is 11.9. The molecule has 0 aliphatic heterocycles. The molecule has 2 N–H and O–H groups in total. The van der Waals surface area contributed by atoms with E-state index in [1.54, 1.807) is 16.7 Å². The molecule has 0 bridgehead atoms. The molecule has 10 heteroatoms. The molecule has 0 saturated heterocycles. The number of benzene rings is 4. The predicted octanol–water partition coefficient (Wildman–Crippen LogP) is 7.48. The number of rotatable bonds is 9. The molecule has 0 unspecified atom stereocenters. The number of nitro benzene ring substituents is 1. The summed E-state index contributed by atoms with van der Waals surface area (Å²) in [7, 11) is 2.73. The highest BCUT2D eigenvalue weighted by atomic mass is 16.6. The van der Waals surface area contributed by atoms with E-state index in [9.17, 15) is 19.7 Å². The van der Waals surface area contributed by atoms with Crippen LogP contribution in [0.5, 0.6) is 0 Å². The fourth-order valence-corrected chi connectivity index (χ4v) is 5.37. The van der Waals surface area contributed by atoms with Crippen LogP contribution in [-0.4, -0.2) is 40.2 Å². The van der Waals surface area contributed by atoms with Crippen molar-refractivity contribution < 1.29 is 24.0 Å². The van der Waals surface area contributed by atoms with Crippen LogP contribution >= 0.6 is 0 Å². The largest absolute Gasteiger partial charge is 0.468 e. The average Bonchev–Trinajstić information content (AvgIpc) is 3.73. The van der Waals surface area contributed by atoms with Gasteiger partial charge >= 0.3 is 11.9 Å². The van der Waals surface area contributed by atoms with E-state index in [-0.39, 0.29) is 30.7 Å². The summed E-state index contributed by atoms with van der Waals surface area (Å²) in [4.78, 5) is 34.3. The maximum Gasteiger partial charge on any atom is 0.325 e. The number of nitrogens with two attached hydrogens (primary N) is 1. The molecule has 0 aliphatic rings. The number of aromatic nitrogens is 2. The Balaban J connectivity index is 0.000000188. The van der Waals surface area contributed by atoms with Crippen molar-refractivity contribution in [3.8, 4) is 45.0 Å². The second-order valence-electron chi connectivity index (χ2n) is 10.7. The fourth-order valence-electron chi connectivity index (χ4n) is 5.37. The first-order valence-electron chi connectivity index (χ1n) is 15.0. The number of non-ortho nitro benzene ring substituents is 1. The van der Waals surface area contributed by atoms with E-state index in [1.165, 1.54) is 26.4 Å². The van der Waals surface area contributed by atoms with E-state index in [2.05, 4.69) is 0 Å². The van der Waals surface area contributed by atoms with Crippen molar-refractivity contribution in [1.29, 1.82) is 0 Å². The van der Waals surface area contributed by atoms with Gasteiger partial charge in [0.15, 0.2) is 0 Å². The lowest BCUT2D eigenvalue weighted by Crippen LogP contribution is -2.13. The Kier molecular flexibility index (Phi) is 10.5. The van der Waals surface area contributed by atoms with Crippen LogP contribution in [0.4, 0.5) is 11.4 Å². The number of methoxy groups -OCH3 is 2. The fraction of sp³-hybridized carbons (Fsp3) is 0.105. The normalized spacial score (nSPS) is 10.5. The molecule has 0 fully saturated rings. The number of hydrogen-bond acceptors (Lipinski definition) is 7. The van der Waals surface area contributed by atoms with E-state index in [4.69, 9.17) is 15.2 Å². The minimum atomic E-state index is -0.435. The van der Waals surface area contributed by atoms with E-state index >= 15 is 0 Å². The van der Waals surface area contributed by atoms with Gasteiger partial charge in [-0.3, -0.25) is 19.7 Å². The van der Waals surface area contributed by atoms with Gasteiger partial charge in [-0.2, -0.15) is 0 Å². The third-order valence-electron chi connectivity index (χ3n) is 7.67. The number of hydrogen-bond donors (Lipinski definition) is 1. The third kappa shape index (κ3) is 7.68. The van der Waals surface area contributed by atoms with Gasteiger partial charge in [0.2, 0.25) is 0 Å². The molecule has 6 aromatic rings. The van der Waals surface area contributed by atoms with Gasteiger partial charge in [0.25, 0.3) is 5.69 Å². The standard InChI is InChI=1S/C19H16N2O4.C19H18N2O2/c1-25-19(22)13-20-17(14-6-3-2-4-7-14)10-11-18(20)15-8-5-9-16(12-15)21(23)24;1-23-19(22)13-21-17(14-6-3-2-4-7-14)10-11-18(21)15-8-5-9-16(20)12-15/h2-12H,13H2,1H3;2-12H,13,20H2,1H3. The summed E-state index contributed by atoms with van der Waals surface area (Å²) in [5.41, 5.74) is 13.7. The molecule has 0 saturated carbocycles. The highest BCUT2D eigenvalue weighted by molar-refractivity contribution is 5.77. The van der Waals surface area contributed by atoms with Crippen LogP contribution in [0.25, 0.3) is 45.0 Å². The number of carbonyl (C=O) groups is 2. The minimum Gasteiger partial charge on any atom is -0.468 e. The van der Waals surface area contributed by atoms with Crippen LogP contribution in [0.15, 0.2) is 133 Å². The minimum absolute atomic E-state index is 0.00424. The Morgan fingerprint density at radius 2 is 0.979 bits per heavy atom. The van der Waals surface area contributed by atoms with Gasteiger partial charge in [-0.25, -0.2) is 0 Å². The van der Waals surface area contributed by atoms with E-state index in [0.717, 1.165) is 33.8 Å². The van der Waals surface area contributed by atoms with E-state index < -0.39 is 4.92 Å². The Bertz CT molecular complexity index is 2030. The summed E-state index contributed by atoms with van der Waals surface area (Å²) >= 11 is 0. The molecule has 48 heavy (non-hydrogen) atoms. The van der Waals surface area contributed by atoms with Crippen LogP contribution < -0.4 is 5.73 Å². The first-order chi connectivity index (χ1) is 23.3. The molecular formula is C38H34N4O6. The summed E-state index contributed by atoms with van der Waals surface area (Å²) in [6.07, 6.45) is 0. The summed E-state index contributed by atoms with van der Waals surface area (Å²) in [6, 6.07) is 41.3. The van der Waals surface area contributed by atoms with Crippen molar-refractivity contribution in [2.24, 2.45) is 0 Å². The number of carbonyl (C=O) groups excluding carboxylic acids is 2. The van der Waals surface area contributed by atoms with Crippen molar-refractivity contribution in [2.45, 2.75) is 13.1 Å². The molecule has 242 valence electrons. The first kappa shape index (κ1) is 33.0. The second-order valence-corrected chi connectivity index (χ2v) is 10.7. The lowest BCUT2D eigenvalue weighted by molar-refractivity contribution is -0.384. The van der Waals surface area contributed by atoms with Gasteiger partial charge < -0.3 is 24.3 Å². The smallest absolute Gasteiger partial charge is 0.325 e. The highest BCUT2D eigenvalue weighted by Gasteiger charge is 2.17.